The van der Waals surface area contributed by atoms with Crippen LogP contribution in [0.25, 0.3) is 0 Å². The summed E-state index contributed by atoms with van der Waals surface area (Å²) in [6, 6.07) is 19.3. The number of benzene rings is 3. The Morgan fingerprint density at radius 3 is 2.52 bits per heavy atom. The summed E-state index contributed by atoms with van der Waals surface area (Å²) in [5.41, 5.74) is 4.23. The largest absolute Gasteiger partial charge is 0.465 e. The first-order valence-electron chi connectivity index (χ1n) is 9.85. The fourth-order valence-corrected chi connectivity index (χ4v) is 3.58. The zero-order valence-corrected chi connectivity index (χ0v) is 17.2. The minimum atomic E-state index is -0.537. The van der Waals surface area contributed by atoms with Gasteiger partial charge in [0.05, 0.1) is 23.9 Å². The van der Waals surface area contributed by atoms with Crippen LogP contribution in [0.2, 0.25) is 0 Å². The fourth-order valence-electron chi connectivity index (χ4n) is 3.58. The third-order valence-electron chi connectivity index (χ3n) is 5.27. The molecule has 0 spiro atoms. The van der Waals surface area contributed by atoms with E-state index in [1.807, 2.05) is 31.2 Å². The number of carbonyl (C=O) groups excluding carboxylic acids is 3. The van der Waals surface area contributed by atoms with E-state index in [-0.39, 0.29) is 11.5 Å². The van der Waals surface area contributed by atoms with Crippen molar-refractivity contribution in [1.82, 2.24) is 0 Å². The molecule has 0 aliphatic carbocycles. The predicted molar refractivity (Wildman–Crippen MR) is 115 cm³/mol. The van der Waals surface area contributed by atoms with Crippen LogP contribution in [0.1, 0.15) is 53.9 Å². The molecule has 1 N–H and O–H groups in total. The SMILES string of the molecule is COC(=O)c1ccccc1NC(=O)c1ccc2c(c1)CC(c1ccc(C)cc1)OC2=O. The van der Waals surface area contributed by atoms with Gasteiger partial charge >= 0.3 is 11.9 Å². The van der Waals surface area contributed by atoms with Crippen molar-refractivity contribution in [2.45, 2.75) is 19.4 Å². The standard InChI is InChI=1S/C25H21NO5/c1-15-7-9-16(10-8-15)22-14-18-13-17(11-12-19(18)25(29)31-22)23(27)26-21-6-4-3-5-20(21)24(28)30-2/h3-13,22H,14H2,1-2H3,(H,26,27). The summed E-state index contributed by atoms with van der Waals surface area (Å²) in [6.07, 6.45) is 0.0725. The van der Waals surface area contributed by atoms with Crippen LogP contribution in [0.15, 0.2) is 66.7 Å². The molecule has 1 aliphatic heterocycles. The Morgan fingerprint density at radius 2 is 1.77 bits per heavy atom. The highest BCUT2D eigenvalue weighted by molar-refractivity contribution is 6.08. The number of ether oxygens (including phenoxy) is 2. The van der Waals surface area contributed by atoms with Gasteiger partial charge in [0.1, 0.15) is 6.10 Å². The lowest BCUT2D eigenvalue weighted by atomic mass is 9.92. The zero-order chi connectivity index (χ0) is 22.0. The third kappa shape index (κ3) is 4.19. The van der Waals surface area contributed by atoms with Gasteiger partial charge in [-0.25, -0.2) is 9.59 Å². The van der Waals surface area contributed by atoms with Crippen molar-refractivity contribution >= 4 is 23.5 Å². The summed E-state index contributed by atoms with van der Waals surface area (Å²) >= 11 is 0. The van der Waals surface area contributed by atoms with Crippen LogP contribution in [0.3, 0.4) is 0 Å². The molecule has 1 aliphatic rings. The normalized spacial score (nSPS) is 14.9. The number of cyclic esters (lactones) is 1. The van der Waals surface area contributed by atoms with Gasteiger partial charge in [-0.3, -0.25) is 4.79 Å². The van der Waals surface area contributed by atoms with Crippen molar-refractivity contribution in [3.8, 4) is 0 Å². The molecule has 0 fully saturated rings. The second-order valence-corrected chi connectivity index (χ2v) is 7.37. The molecule has 156 valence electrons. The lowest BCUT2D eigenvalue weighted by Crippen LogP contribution is -2.23. The summed E-state index contributed by atoms with van der Waals surface area (Å²) in [5.74, 6) is -1.33. The molecule has 0 bridgehead atoms. The van der Waals surface area contributed by atoms with Crippen molar-refractivity contribution in [2.24, 2.45) is 0 Å². The highest BCUT2D eigenvalue weighted by atomic mass is 16.5. The highest BCUT2D eigenvalue weighted by Crippen LogP contribution is 2.31. The van der Waals surface area contributed by atoms with Crippen molar-refractivity contribution < 1.29 is 23.9 Å². The molecule has 6 heteroatoms. The number of esters is 2. The van der Waals surface area contributed by atoms with Gasteiger partial charge in [0.2, 0.25) is 0 Å². The van der Waals surface area contributed by atoms with E-state index < -0.39 is 18.0 Å². The average molecular weight is 415 g/mol. The maximum absolute atomic E-state index is 12.9. The number of amides is 1. The van der Waals surface area contributed by atoms with Gasteiger partial charge in [0.15, 0.2) is 0 Å². The van der Waals surface area contributed by atoms with Crippen molar-refractivity contribution in [3.05, 3.63) is 100 Å². The second-order valence-electron chi connectivity index (χ2n) is 7.37. The van der Waals surface area contributed by atoms with E-state index in [9.17, 15) is 14.4 Å². The highest BCUT2D eigenvalue weighted by Gasteiger charge is 2.28. The van der Waals surface area contributed by atoms with E-state index in [0.29, 0.717) is 23.2 Å². The summed E-state index contributed by atoms with van der Waals surface area (Å²) < 4.78 is 10.4. The Hall–Kier alpha value is -3.93. The van der Waals surface area contributed by atoms with Gasteiger partial charge in [-0.05, 0) is 48.4 Å². The Balaban J connectivity index is 1.59. The second kappa shape index (κ2) is 8.44. The molecule has 1 heterocycles. The molecule has 6 nitrogen and oxygen atoms in total. The first-order chi connectivity index (χ1) is 15.0. The Labute approximate surface area is 179 Å². The molecular weight excluding hydrogens is 394 g/mol. The van der Waals surface area contributed by atoms with Crippen LogP contribution < -0.4 is 5.32 Å². The van der Waals surface area contributed by atoms with Crippen molar-refractivity contribution in [2.75, 3.05) is 12.4 Å². The number of aryl methyl sites for hydroxylation is 1. The lowest BCUT2D eigenvalue weighted by molar-refractivity contribution is 0.0252. The van der Waals surface area contributed by atoms with E-state index in [2.05, 4.69) is 5.32 Å². The molecule has 1 atom stereocenters. The first kappa shape index (κ1) is 20.3. The smallest absolute Gasteiger partial charge is 0.339 e. The van der Waals surface area contributed by atoms with E-state index in [1.54, 1.807) is 42.5 Å². The number of hydrogen-bond acceptors (Lipinski definition) is 5. The number of nitrogens with one attached hydrogen (secondary N) is 1. The third-order valence-corrected chi connectivity index (χ3v) is 5.27. The van der Waals surface area contributed by atoms with E-state index in [1.165, 1.54) is 7.11 Å². The minimum Gasteiger partial charge on any atom is -0.465 e. The van der Waals surface area contributed by atoms with Crippen LogP contribution in [0, 0.1) is 6.92 Å². The lowest BCUT2D eigenvalue weighted by Gasteiger charge is -2.25. The number of fused-ring (bicyclic) bond motifs is 1. The van der Waals surface area contributed by atoms with Crippen LogP contribution in [-0.4, -0.2) is 25.0 Å². The molecule has 3 aromatic carbocycles. The predicted octanol–water partition coefficient (Wildman–Crippen LogP) is 4.49. The van der Waals surface area contributed by atoms with Crippen molar-refractivity contribution in [3.63, 3.8) is 0 Å². The average Bonchev–Trinajstić information content (AvgIpc) is 2.79. The first-order valence-corrected chi connectivity index (χ1v) is 9.85. The van der Waals surface area contributed by atoms with Crippen LogP contribution >= 0.6 is 0 Å². The minimum absolute atomic E-state index is 0.263. The van der Waals surface area contributed by atoms with Crippen LogP contribution in [0.5, 0.6) is 0 Å². The quantitative estimate of drug-likeness (QED) is 0.635. The topological polar surface area (TPSA) is 81.7 Å². The van der Waals surface area contributed by atoms with Crippen LogP contribution in [-0.2, 0) is 15.9 Å². The molecule has 4 rings (SSSR count). The molecular formula is C25H21NO5. The van der Waals surface area contributed by atoms with Crippen molar-refractivity contribution in [1.29, 1.82) is 0 Å². The van der Waals surface area contributed by atoms with Gasteiger partial charge in [-0.15, -0.1) is 0 Å². The number of para-hydroxylation sites is 1. The van der Waals surface area contributed by atoms with E-state index in [0.717, 1.165) is 16.7 Å². The molecule has 0 saturated carbocycles. The molecule has 0 aromatic heterocycles. The number of methoxy groups -OCH3 is 1. The number of rotatable bonds is 4. The maximum atomic E-state index is 12.9. The van der Waals surface area contributed by atoms with Gasteiger partial charge in [-0.2, -0.15) is 0 Å². The fraction of sp³-hybridized carbons (Fsp3) is 0.160. The molecule has 1 amide bonds. The van der Waals surface area contributed by atoms with Gasteiger partial charge in [0.25, 0.3) is 5.91 Å². The van der Waals surface area contributed by atoms with E-state index in [4.69, 9.17) is 9.47 Å². The van der Waals surface area contributed by atoms with Gasteiger partial charge < -0.3 is 14.8 Å². The Kier molecular flexibility index (Phi) is 5.54. The molecule has 0 saturated heterocycles. The summed E-state index contributed by atoms with van der Waals surface area (Å²) in [4.78, 5) is 37.3. The number of carbonyl (C=O) groups is 3. The van der Waals surface area contributed by atoms with Gasteiger partial charge in [0, 0.05) is 12.0 Å². The van der Waals surface area contributed by atoms with Gasteiger partial charge in [-0.1, -0.05) is 42.0 Å². The molecule has 31 heavy (non-hydrogen) atoms. The number of anilines is 1. The monoisotopic (exact) mass is 415 g/mol. The van der Waals surface area contributed by atoms with Crippen LogP contribution in [0.4, 0.5) is 5.69 Å². The Morgan fingerprint density at radius 1 is 1.03 bits per heavy atom. The molecule has 0 radical (unpaired) electrons. The Bertz CT molecular complexity index is 1170. The van der Waals surface area contributed by atoms with E-state index >= 15 is 0 Å². The summed E-state index contributed by atoms with van der Waals surface area (Å²) in [6.45, 7) is 2.00. The summed E-state index contributed by atoms with van der Waals surface area (Å²) in [5, 5.41) is 2.75. The molecule has 3 aromatic rings. The number of hydrogen-bond donors (Lipinski definition) is 1. The maximum Gasteiger partial charge on any atom is 0.339 e. The zero-order valence-electron chi connectivity index (χ0n) is 17.2. The summed E-state index contributed by atoms with van der Waals surface area (Å²) in [7, 11) is 1.29. The molecule has 1 unspecified atom stereocenters.